The van der Waals surface area contributed by atoms with Crippen molar-refractivity contribution >= 4 is 17.7 Å². The van der Waals surface area contributed by atoms with Crippen LogP contribution >= 0.6 is 0 Å². The van der Waals surface area contributed by atoms with Crippen LogP contribution in [0.5, 0.6) is 0 Å². The first-order chi connectivity index (χ1) is 10.7. The summed E-state index contributed by atoms with van der Waals surface area (Å²) in [5, 5.41) is 5.31. The molecular formula is C17H25N3O3. The van der Waals surface area contributed by atoms with Crippen molar-refractivity contribution in [2.45, 2.75) is 45.4 Å². The van der Waals surface area contributed by atoms with Gasteiger partial charge in [-0.3, -0.25) is 4.79 Å². The zero-order valence-electron chi connectivity index (χ0n) is 13.9. The summed E-state index contributed by atoms with van der Waals surface area (Å²) in [5.41, 5.74) is 6.63. The predicted molar refractivity (Wildman–Crippen MR) is 90.7 cm³/mol. The van der Waals surface area contributed by atoms with Crippen molar-refractivity contribution in [3.05, 3.63) is 42.5 Å². The SMILES string of the molecule is C=CC[C@H](NC(=O)OC(C)(C)C)C(=O)NCc1ccccc1N. The molecule has 0 aliphatic rings. The number of nitrogens with two attached hydrogens (primary N) is 1. The number of carbonyl (C=O) groups excluding carboxylic acids is 2. The summed E-state index contributed by atoms with van der Waals surface area (Å²) in [6.07, 6.45) is 1.23. The van der Waals surface area contributed by atoms with E-state index in [1.54, 1.807) is 32.9 Å². The third-order valence-electron chi connectivity index (χ3n) is 2.92. The number of hydrogen-bond donors (Lipinski definition) is 3. The zero-order chi connectivity index (χ0) is 17.5. The van der Waals surface area contributed by atoms with Gasteiger partial charge in [-0.05, 0) is 38.8 Å². The molecule has 0 heterocycles. The maximum Gasteiger partial charge on any atom is 0.408 e. The third-order valence-corrected chi connectivity index (χ3v) is 2.92. The second-order valence-electron chi connectivity index (χ2n) is 6.14. The smallest absolute Gasteiger partial charge is 0.408 e. The average Bonchev–Trinajstić information content (AvgIpc) is 2.43. The largest absolute Gasteiger partial charge is 0.444 e. The molecule has 23 heavy (non-hydrogen) atoms. The standard InChI is InChI=1S/C17H25N3O3/c1-5-8-14(20-16(22)23-17(2,3)4)15(21)19-11-12-9-6-7-10-13(12)18/h5-7,9-10,14H,1,8,11,18H2,2-4H3,(H,19,21)(H,20,22)/t14-/m0/s1. The van der Waals surface area contributed by atoms with Crippen molar-refractivity contribution in [1.82, 2.24) is 10.6 Å². The van der Waals surface area contributed by atoms with Gasteiger partial charge in [0, 0.05) is 12.2 Å². The highest BCUT2D eigenvalue weighted by molar-refractivity contribution is 5.85. The van der Waals surface area contributed by atoms with E-state index < -0.39 is 17.7 Å². The summed E-state index contributed by atoms with van der Waals surface area (Å²) in [6.45, 7) is 9.16. The molecule has 6 nitrogen and oxygen atoms in total. The molecule has 0 bridgehead atoms. The highest BCUT2D eigenvalue weighted by Crippen LogP contribution is 2.10. The molecule has 0 unspecified atom stereocenters. The second kappa shape index (κ2) is 8.22. The van der Waals surface area contributed by atoms with Crippen LogP contribution in [0.4, 0.5) is 10.5 Å². The zero-order valence-corrected chi connectivity index (χ0v) is 13.9. The van der Waals surface area contributed by atoms with Crippen LogP contribution in [0, 0.1) is 0 Å². The number of hydrogen-bond acceptors (Lipinski definition) is 4. The van der Waals surface area contributed by atoms with Gasteiger partial charge < -0.3 is 21.1 Å². The van der Waals surface area contributed by atoms with Gasteiger partial charge in [-0.2, -0.15) is 0 Å². The van der Waals surface area contributed by atoms with Crippen LogP contribution in [0.25, 0.3) is 0 Å². The van der Waals surface area contributed by atoms with Gasteiger partial charge in [0.25, 0.3) is 0 Å². The molecule has 1 rings (SSSR count). The van der Waals surface area contributed by atoms with Crippen molar-refractivity contribution in [3.63, 3.8) is 0 Å². The first-order valence-electron chi connectivity index (χ1n) is 7.44. The molecule has 0 fully saturated rings. The Morgan fingerprint density at radius 3 is 2.57 bits per heavy atom. The van der Waals surface area contributed by atoms with E-state index in [4.69, 9.17) is 10.5 Å². The van der Waals surface area contributed by atoms with E-state index >= 15 is 0 Å². The van der Waals surface area contributed by atoms with Gasteiger partial charge in [0.05, 0.1) is 0 Å². The first-order valence-corrected chi connectivity index (χ1v) is 7.44. The van der Waals surface area contributed by atoms with Crippen LogP contribution in [0.2, 0.25) is 0 Å². The normalized spacial score (nSPS) is 12.1. The Bertz CT molecular complexity index is 564. The molecule has 1 aromatic carbocycles. The van der Waals surface area contributed by atoms with E-state index in [0.29, 0.717) is 12.1 Å². The third kappa shape index (κ3) is 6.86. The predicted octanol–water partition coefficient (Wildman–Crippen LogP) is 2.35. The maximum atomic E-state index is 12.2. The van der Waals surface area contributed by atoms with Crippen LogP contribution < -0.4 is 16.4 Å². The van der Waals surface area contributed by atoms with E-state index in [1.165, 1.54) is 0 Å². The van der Waals surface area contributed by atoms with Crippen molar-refractivity contribution in [2.24, 2.45) is 0 Å². The first kappa shape index (κ1) is 18.5. The van der Waals surface area contributed by atoms with Crippen molar-refractivity contribution in [2.75, 3.05) is 5.73 Å². The van der Waals surface area contributed by atoms with Crippen LogP contribution in [0.3, 0.4) is 0 Å². The molecule has 0 saturated heterocycles. The minimum absolute atomic E-state index is 0.287. The number of amides is 2. The number of benzene rings is 1. The van der Waals surface area contributed by atoms with E-state index in [9.17, 15) is 9.59 Å². The summed E-state index contributed by atoms with van der Waals surface area (Å²) < 4.78 is 5.16. The average molecular weight is 319 g/mol. The number of rotatable bonds is 6. The van der Waals surface area contributed by atoms with Gasteiger partial charge in [0.1, 0.15) is 11.6 Å². The second-order valence-corrected chi connectivity index (χ2v) is 6.14. The van der Waals surface area contributed by atoms with Gasteiger partial charge in [0.2, 0.25) is 5.91 Å². The lowest BCUT2D eigenvalue weighted by molar-refractivity contribution is -0.123. The summed E-state index contributed by atoms with van der Waals surface area (Å²) in [6, 6.07) is 6.52. The lowest BCUT2D eigenvalue weighted by Gasteiger charge is -2.23. The van der Waals surface area contributed by atoms with Gasteiger partial charge >= 0.3 is 6.09 Å². The van der Waals surface area contributed by atoms with Crippen LogP contribution in [-0.2, 0) is 16.1 Å². The molecule has 0 radical (unpaired) electrons. The Morgan fingerprint density at radius 2 is 2.00 bits per heavy atom. The van der Waals surface area contributed by atoms with E-state index in [2.05, 4.69) is 17.2 Å². The molecule has 0 aliphatic heterocycles. The number of nitrogens with one attached hydrogen (secondary N) is 2. The molecular weight excluding hydrogens is 294 g/mol. The van der Waals surface area contributed by atoms with Crippen molar-refractivity contribution in [1.29, 1.82) is 0 Å². The number of ether oxygens (including phenoxy) is 1. The fourth-order valence-electron chi connectivity index (χ4n) is 1.85. The number of carbonyl (C=O) groups is 2. The molecule has 0 spiro atoms. The fraction of sp³-hybridized carbons (Fsp3) is 0.412. The maximum absolute atomic E-state index is 12.2. The minimum atomic E-state index is -0.743. The molecule has 0 saturated carbocycles. The minimum Gasteiger partial charge on any atom is -0.444 e. The Hall–Kier alpha value is -2.50. The molecule has 126 valence electrons. The number of anilines is 1. The highest BCUT2D eigenvalue weighted by Gasteiger charge is 2.23. The van der Waals surface area contributed by atoms with E-state index in [-0.39, 0.29) is 12.5 Å². The number of para-hydroxylation sites is 1. The summed E-state index contributed by atoms with van der Waals surface area (Å²) in [5.74, 6) is -0.320. The molecule has 4 N–H and O–H groups in total. The van der Waals surface area contributed by atoms with Gasteiger partial charge in [0.15, 0.2) is 0 Å². The van der Waals surface area contributed by atoms with Crippen molar-refractivity contribution in [3.8, 4) is 0 Å². The summed E-state index contributed by atoms with van der Waals surface area (Å²) in [4.78, 5) is 24.1. The fourth-order valence-corrected chi connectivity index (χ4v) is 1.85. The molecule has 0 aliphatic carbocycles. The Labute approximate surface area is 137 Å². The monoisotopic (exact) mass is 319 g/mol. The Balaban J connectivity index is 2.62. The highest BCUT2D eigenvalue weighted by atomic mass is 16.6. The quantitative estimate of drug-likeness (QED) is 0.554. The van der Waals surface area contributed by atoms with Gasteiger partial charge in [-0.15, -0.1) is 6.58 Å². The Morgan fingerprint density at radius 1 is 1.35 bits per heavy atom. The molecule has 1 atom stereocenters. The van der Waals surface area contributed by atoms with Crippen LogP contribution in [0.15, 0.2) is 36.9 Å². The molecule has 6 heteroatoms. The molecule has 0 aromatic heterocycles. The van der Waals surface area contributed by atoms with E-state index in [1.807, 2.05) is 18.2 Å². The molecule has 2 amide bonds. The Kier molecular flexibility index (Phi) is 6.63. The van der Waals surface area contributed by atoms with Gasteiger partial charge in [-0.25, -0.2) is 4.79 Å². The lowest BCUT2D eigenvalue weighted by atomic mass is 10.1. The van der Waals surface area contributed by atoms with Gasteiger partial charge in [-0.1, -0.05) is 24.3 Å². The molecule has 1 aromatic rings. The summed E-state index contributed by atoms with van der Waals surface area (Å²) in [7, 11) is 0. The van der Waals surface area contributed by atoms with E-state index in [0.717, 1.165) is 5.56 Å². The summed E-state index contributed by atoms with van der Waals surface area (Å²) >= 11 is 0. The lowest BCUT2D eigenvalue weighted by Crippen LogP contribution is -2.47. The number of alkyl carbamates (subject to hydrolysis) is 1. The van der Waals surface area contributed by atoms with Crippen LogP contribution in [-0.4, -0.2) is 23.6 Å². The number of nitrogen functional groups attached to an aromatic ring is 1. The van der Waals surface area contributed by atoms with Crippen molar-refractivity contribution < 1.29 is 14.3 Å². The van der Waals surface area contributed by atoms with Crippen LogP contribution in [0.1, 0.15) is 32.8 Å². The topological polar surface area (TPSA) is 93.4 Å².